The lowest BCUT2D eigenvalue weighted by Gasteiger charge is -2.11. The first kappa shape index (κ1) is 28.0. The molecule has 0 aliphatic carbocycles. The van der Waals surface area contributed by atoms with E-state index in [2.05, 4.69) is 10.6 Å². The summed E-state index contributed by atoms with van der Waals surface area (Å²) in [7, 11) is 2.77. The second-order valence-electron chi connectivity index (χ2n) is 8.34. The van der Waals surface area contributed by atoms with Crippen LogP contribution in [0.3, 0.4) is 0 Å². The van der Waals surface area contributed by atoms with Crippen molar-refractivity contribution in [1.29, 1.82) is 0 Å². The van der Waals surface area contributed by atoms with Crippen molar-refractivity contribution in [3.05, 3.63) is 116 Å². The number of amides is 2. The fourth-order valence-electron chi connectivity index (χ4n) is 3.69. The molecule has 2 amide bonds. The first-order valence-corrected chi connectivity index (χ1v) is 11.8. The number of ether oxygens (including phenoxy) is 3. The Kier molecular flexibility index (Phi) is 8.38. The van der Waals surface area contributed by atoms with Crippen LogP contribution in [0.15, 0.2) is 84.9 Å². The number of nitro benzene ring substituents is 2. The number of nitro groups is 2. The molecule has 2 N–H and O–H groups in total. The second-order valence-corrected chi connectivity index (χ2v) is 8.34. The van der Waals surface area contributed by atoms with Crippen LogP contribution < -0.4 is 24.8 Å². The molecule has 0 atom stereocenters. The first-order valence-electron chi connectivity index (χ1n) is 11.8. The highest BCUT2D eigenvalue weighted by Crippen LogP contribution is 2.31. The van der Waals surface area contributed by atoms with Crippen molar-refractivity contribution >= 4 is 34.6 Å². The van der Waals surface area contributed by atoms with E-state index < -0.39 is 21.7 Å². The summed E-state index contributed by atoms with van der Waals surface area (Å²) in [4.78, 5) is 46.4. The van der Waals surface area contributed by atoms with Crippen LogP contribution in [-0.2, 0) is 0 Å². The lowest BCUT2D eigenvalue weighted by molar-refractivity contribution is -0.385. The zero-order valence-corrected chi connectivity index (χ0v) is 21.7. The Hall–Kier alpha value is -5.98. The van der Waals surface area contributed by atoms with Gasteiger partial charge in [0.15, 0.2) is 0 Å². The number of methoxy groups -OCH3 is 2. The van der Waals surface area contributed by atoms with Gasteiger partial charge < -0.3 is 24.8 Å². The van der Waals surface area contributed by atoms with E-state index in [1.807, 2.05) is 0 Å². The van der Waals surface area contributed by atoms with E-state index in [4.69, 9.17) is 14.2 Å². The number of benzene rings is 4. The number of rotatable bonds is 10. The van der Waals surface area contributed by atoms with E-state index in [0.717, 1.165) is 0 Å². The van der Waals surface area contributed by atoms with Gasteiger partial charge in [-0.1, -0.05) is 0 Å². The Bertz CT molecular complexity index is 1500. The maximum Gasteiger partial charge on any atom is 0.271 e. The van der Waals surface area contributed by atoms with E-state index in [1.54, 1.807) is 24.3 Å². The fraction of sp³-hybridized carbons (Fsp3) is 0.0714. The molecular weight excluding hydrogens is 536 g/mol. The summed E-state index contributed by atoms with van der Waals surface area (Å²) < 4.78 is 16.1. The smallest absolute Gasteiger partial charge is 0.271 e. The van der Waals surface area contributed by atoms with E-state index in [-0.39, 0.29) is 45.4 Å². The summed E-state index contributed by atoms with van der Waals surface area (Å²) in [5, 5.41) is 27.3. The minimum absolute atomic E-state index is 0.153. The number of non-ortho nitro benzene ring substituents is 2. The van der Waals surface area contributed by atoms with Gasteiger partial charge in [-0.15, -0.1) is 0 Å². The monoisotopic (exact) mass is 558 g/mol. The molecule has 0 aliphatic rings. The van der Waals surface area contributed by atoms with Gasteiger partial charge in [0.2, 0.25) is 0 Å². The molecule has 0 unspecified atom stereocenters. The van der Waals surface area contributed by atoms with Crippen LogP contribution in [0.2, 0.25) is 0 Å². The van der Waals surface area contributed by atoms with Crippen LogP contribution in [0, 0.1) is 20.2 Å². The van der Waals surface area contributed by atoms with Crippen LogP contribution in [0.5, 0.6) is 23.0 Å². The number of carbonyl (C=O) groups excluding carboxylic acids is 2. The van der Waals surface area contributed by atoms with Gasteiger partial charge in [-0.25, -0.2) is 0 Å². The van der Waals surface area contributed by atoms with Crippen molar-refractivity contribution in [1.82, 2.24) is 0 Å². The predicted octanol–water partition coefficient (Wildman–Crippen LogP) is 5.82. The Balaban J connectivity index is 1.40. The standard InChI is InChI=1S/C28H22N4O9/c1-39-25-13-7-19(31(35)36)15-23(25)29-27(33)17-3-9-21(10-4-17)41-22-11-5-18(6-12-22)28(34)30-24-16-20(32(37)38)8-14-26(24)40-2/h3-16H,1-2H3,(H,29,33)(H,30,34). The highest BCUT2D eigenvalue weighted by molar-refractivity contribution is 6.06. The van der Waals surface area contributed by atoms with Crippen molar-refractivity contribution in [3.8, 4) is 23.0 Å². The maximum atomic E-state index is 12.7. The molecule has 4 rings (SSSR count). The largest absolute Gasteiger partial charge is 0.495 e. The summed E-state index contributed by atoms with van der Waals surface area (Å²) >= 11 is 0. The topological polar surface area (TPSA) is 172 Å². The van der Waals surface area contributed by atoms with Gasteiger partial charge >= 0.3 is 0 Å². The summed E-state index contributed by atoms with van der Waals surface area (Å²) in [6.07, 6.45) is 0. The van der Waals surface area contributed by atoms with Crippen molar-refractivity contribution in [3.63, 3.8) is 0 Å². The highest BCUT2D eigenvalue weighted by Gasteiger charge is 2.16. The van der Waals surface area contributed by atoms with Gasteiger partial charge in [-0.05, 0) is 60.7 Å². The molecule has 0 aromatic heterocycles. The Morgan fingerprint density at radius 1 is 0.610 bits per heavy atom. The molecule has 4 aromatic rings. The third-order valence-corrected chi connectivity index (χ3v) is 5.75. The number of carbonyl (C=O) groups is 2. The number of hydrogen-bond donors (Lipinski definition) is 2. The van der Waals surface area contributed by atoms with Crippen LogP contribution >= 0.6 is 0 Å². The summed E-state index contributed by atoms with van der Waals surface area (Å²) in [5.41, 5.74) is 0.457. The van der Waals surface area contributed by atoms with Crippen LogP contribution in [0.1, 0.15) is 20.7 Å². The number of nitrogens with one attached hydrogen (secondary N) is 2. The Morgan fingerprint density at radius 2 is 0.976 bits per heavy atom. The lowest BCUT2D eigenvalue weighted by Crippen LogP contribution is -2.13. The third-order valence-electron chi connectivity index (χ3n) is 5.75. The van der Waals surface area contributed by atoms with E-state index in [1.165, 1.54) is 74.9 Å². The molecule has 208 valence electrons. The van der Waals surface area contributed by atoms with Crippen molar-refractivity contribution in [2.24, 2.45) is 0 Å². The Labute approximate surface area is 232 Å². The van der Waals surface area contributed by atoms with E-state index in [9.17, 15) is 29.8 Å². The average molecular weight is 559 g/mol. The zero-order valence-electron chi connectivity index (χ0n) is 21.7. The number of hydrogen-bond acceptors (Lipinski definition) is 9. The maximum absolute atomic E-state index is 12.7. The highest BCUT2D eigenvalue weighted by atomic mass is 16.6. The van der Waals surface area contributed by atoms with Gasteiger partial charge in [-0.3, -0.25) is 29.8 Å². The molecule has 13 nitrogen and oxygen atoms in total. The molecule has 0 fully saturated rings. The minimum atomic E-state index is -0.575. The lowest BCUT2D eigenvalue weighted by atomic mass is 10.1. The predicted molar refractivity (Wildman–Crippen MR) is 148 cm³/mol. The van der Waals surface area contributed by atoms with Gasteiger partial charge in [-0.2, -0.15) is 0 Å². The molecule has 0 spiro atoms. The van der Waals surface area contributed by atoms with Gasteiger partial charge in [0.1, 0.15) is 23.0 Å². The van der Waals surface area contributed by atoms with E-state index in [0.29, 0.717) is 11.5 Å². The average Bonchev–Trinajstić information content (AvgIpc) is 2.97. The first-order chi connectivity index (χ1) is 19.7. The van der Waals surface area contributed by atoms with Crippen LogP contribution in [0.4, 0.5) is 22.7 Å². The quantitative estimate of drug-likeness (QED) is 0.180. The second kappa shape index (κ2) is 12.3. The normalized spacial score (nSPS) is 10.3. The van der Waals surface area contributed by atoms with Crippen molar-refractivity contribution in [2.45, 2.75) is 0 Å². The fourth-order valence-corrected chi connectivity index (χ4v) is 3.69. The van der Waals surface area contributed by atoms with Crippen LogP contribution in [-0.4, -0.2) is 35.9 Å². The minimum Gasteiger partial charge on any atom is -0.495 e. The van der Waals surface area contributed by atoms with Gasteiger partial charge in [0, 0.05) is 35.4 Å². The molecule has 4 aromatic carbocycles. The number of anilines is 2. The number of nitrogens with zero attached hydrogens (tertiary/aromatic N) is 2. The molecule has 41 heavy (non-hydrogen) atoms. The van der Waals surface area contributed by atoms with Gasteiger partial charge in [0.25, 0.3) is 23.2 Å². The van der Waals surface area contributed by atoms with Crippen LogP contribution in [0.25, 0.3) is 0 Å². The molecule has 0 heterocycles. The summed E-state index contributed by atoms with van der Waals surface area (Å²) in [6, 6.07) is 20.1. The molecule has 0 saturated carbocycles. The SMILES string of the molecule is COc1ccc([N+](=O)[O-])cc1NC(=O)c1ccc(Oc2ccc(C(=O)Nc3cc([N+](=O)[O-])ccc3OC)cc2)cc1. The molecule has 0 radical (unpaired) electrons. The molecule has 0 bridgehead atoms. The summed E-state index contributed by atoms with van der Waals surface area (Å²) in [6.45, 7) is 0. The van der Waals surface area contributed by atoms with E-state index >= 15 is 0 Å². The Morgan fingerprint density at radius 3 is 1.29 bits per heavy atom. The van der Waals surface area contributed by atoms with Crippen molar-refractivity contribution in [2.75, 3.05) is 24.9 Å². The van der Waals surface area contributed by atoms with Gasteiger partial charge in [0.05, 0.1) is 35.4 Å². The zero-order chi connectivity index (χ0) is 29.5. The molecule has 0 aliphatic heterocycles. The molecular formula is C28H22N4O9. The molecule has 13 heteroatoms. The third kappa shape index (κ3) is 6.72. The summed E-state index contributed by atoms with van der Waals surface area (Å²) in [5.74, 6) is 0.341. The molecule has 0 saturated heterocycles. The van der Waals surface area contributed by atoms with Crippen molar-refractivity contribution < 1.29 is 33.6 Å².